The molecule has 19 heavy (non-hydrogen) atoms. The average molecular weight is 271 g/mol. The molecule has 1 rings (SSSR count). The van der Waals surface area contributed by atoms with E-state index >= 15 is 0 Å². The Morgan fingerprint density at radius 2 is 1.68 bits per heavy atom. The first-order chi connectivity index (χ1) is 8.39. The van der Waals surface area contributed by atoms with E-state index in [4.69, 9.17) is 4.74 Å². The summed E-state index contributed by atoms with van der Waals surface area (Å²) < 4.78 is 5.30. The Kier molecular flexibility index (Phi) is 3.90. The van der Waals surface area contributed by atoms with E-state index in [1.165, 1.54) is 4.90 Å². The summed E-state index contributed by atoms with van der Waals surface area (Å²) in [6.45, 7) is 11.7. The largest absolute Gasteiger partial charge is 0.481 e. The Labute approximate surface area is 114 Å². The van der Waals surface area contributed by atoms with Crippen LogP contribution in [0.5, 0.6) is 0 Å². The van der Waals surface area contributed by atoms with Crippen LogP contribution in [0.15, 0.2) is 0 Å². The summed E-state index contributed by atoms with van der Waals surface area (Å²) in [5, 5.41) is 9.55. The number of hydrogen-bond donors (Lipinski definition) is 1. The number of carboxylic acids is 1. The summed E-state index contributed by atoms with van der Waals surface area (Å²) in [5.41, 5.74) is -1.87. The lowest BCUT2D eigenvalue weighted by Gasteiger charge is -2.37. The minimum atomic E-state index is -0.899. The summed E-state index contributed by atoms with van der Waals surface area (Å²) in [6, 6.07) is 0. The summed E-state index contributed by atoms with van der Waals surface area (Å²) in [6.07, 6.45) is 0.0327. The van der Waals surface area contributed by atoms with E-state index in [1.54, 1.807) is 20.8 Å². The van der Waals surface area contributed by atoms with E-state index in [0.29, 0.717) is 13.0 Å². The van der Waals surface area contributed by atoms with Gasteiger partial charge in [-0.3, -0.25) is 4.79 Å². The lowest BCUT2D eigenvalue weighted by Crippen LogP contribution is -2.46. The van der Waals surface area contributed by atoms with E-state index in [1.807, 2.05) is 20.8 Å². The molecule has 0 aliphatic carbocycles. The number of likely N-dealkylation sites (tertiary alicyclic amines) is 1. The Morgan fingerprint density at radius 3 is 2.00 bits per heavy atom. The average Bonchev–Trinajstić information content (AvgIpc) is 2.58. The van der Waals surface area contributed by atoms with Crippen LogP contribution in [0.2, 0.25) is 0 Å². The van der Waals surface area contributed by atoms with Crippen LogP contribution in [0.25, 0.3) is 0 Å². The van der Waals surface area contributed by atoms with Crippen LogP contribution in [0.3, 0.4) is 0 Å². The molecule has 1 aliphatic rings. The van der Waals surface area contributed by atoms with E-state index in [0.717, 1.165) is 0 Å². The number of carboxylic acid groups (broad SMARTS) is 1. The molecule has 1 atom stereocenters. The number of hydrogen-bond acceptors (Lipinski definition) is 3. The molecule has 0 aromatic rings. The molecule has 0 aromatic heterocycles. The van der Waals surface area contributed by atoms with Gasteiger partial charge in [0, 0.05) is 13.1 Å². The molecule has 1 heterocycles. The molecule has 0 radical (unpaired) electrons. The first-order valence-corrected chi connectivity index (χ1v) is 6.60. The second-order valence-electron chi connectivity index (χ2n) is 7.29. The van der Waals surface area contributed by atoms with E-state index in [-0.39, 0.29) is 6.54 Å². The molecule has 0 spiro atoms. The predicted octanol–water partition coefficient (Wildman–Crippen LogP) is 2.74. The lowest BCUT2D eigenvalue weighted by atomic mass is 9.66. The predicted molar refractivity (Wildman–Crippen MR) is 71.9 cm³/mol. The molecule has 1 fully saturated rings. The topological polar surface area (TPSA) is 66.8 Å². The fourth-order valence-corrected chi connectivity index (χ4v) is 2.40. The number of nitrogens with zero attached hydrogens (tertiary/aromatic N) is 1. The molecule has 1 saturated heterocycles. The van der Waals surface area contributed by atoms with Gasteiger partial charge < -0.3 is 14.7 Å². The van der Waals surface area contributed by atoms with Crippen LogP contribution in [0, 0.1) is 10.8 Å². The van der Waals surface area contributed by atoms with Gasteiger partial charge in [0.15, 0.2) is 0 Å². The number of ether oxygens (including phenoxy) is 1. The highest BCUT2D eigenvalue weighted by Gasteiger charge is 2.54. The first-order valence-electron chi connectivity index (χ1n) is 6.60. The maximum absolute atomic E-state index is 12.0. The van der Waals surface area contributed by atoms with Crippen LogP contribution in [0.4, 0.5) is 4.79 Å². The zero-order chi connectivity index (χ0) is 15.1. The third kappa shape index (κ3) is 3.19. The molecule has 1 N–H and O–H groups in total. The quantitative estimate of drug-likeness (QED) is 0.796. The summed E-state index contributed by atoms with van der Waals surface area (Å²) in [7, 11) is 0. The van der Waals surface area contributed by atoms with Gasteiger partial charge in [-0.25, -0.2) is 4.79 Å². The number of aliphatic carboxylic acids is 1. The molecule has 0 aromatic carbocycles. The van der Waals surface area contributed by atoms with E-state index < -0.39 is 28.5 Å². The fraction of sp³-hybridized carbons (Fsp3) is 0.857. The van der Waals surface area contributed by atoms with Crippen LogP contribution >= 0.6 is 0 Å². The van der Waals surface area contributed by atoms with Gasteiger partial charge in [-0.1, -0.05) is 20.8 Å². The number of amides is 1. The molecular formula is C14H25NO4. The van der Waals surface area contributed by atoms with Gasteiger partial charge in [0.2, 0.25) is 0 Å². The van der Waals surface area contributed by atoms with Crippen molar-refractivity contribution in [1.29, 1.82) is 0 Å². The van der Waals surface area contributed by atoms with E-state index in [2.05, 4.69) is 0 Å². The molecular weight excluding hydrogens is 246 g/mol. The fourth-order valence-electron chi connectivity index (χ4n) is 2.40. The maximum atomic E-state index is 12.0. The number of rotatable bonds is 1. The Bertz CT molecular complexity index is 378. The molecule has 1 amide bonds. The van der Waals surface area contributed by atoms with Crippen molar-refractivity contribution in [1.82, 2.24) is 4.90 Å². The highest BCUT2D eigenvalue weighted by molar-refractivity contribution is 5.78. The van der Waals surface area contributed by atoms with Crippen molar-refractivity contribution in [3.63, 3.8) is 0 Å². The minimum Gasteiger partial charge on any atom is -0.481 e. The van der Waals surface area contributed by atoms with Gasteiger partial charge >= 0.3 is 12.1 Å². The van der Waals surface area contributed by atoms with Crippen molar-refractivity contribution >= 4 is 12.1 Å². The van der Waals surface area contributed by atoms with Crippen molar-refractivity contribution < 1.29 is 19.4 Å². The third-order valence-corrected chi connectivity index (χ3v) is 3.77. The molecule has 0 bridgehead atoms. The molecule has 110 valence electrons. The lowest BCUT2D eigenvalue weighted by molar-refractivity contribution is -0.155. The summed E-state index contributed by atoms with van der Waals surface area (Å²) >= 11 is 0. The molecule has 0 saturated carbocycles. The Morgan fingerprint density at radius 1 is 1.16 bits per heavy atom. The van der Waals surface area contributed by atoms with Gasteiger partial charge in [-0.05, 0) is 32.6 Å². The second kappa shape index (κ2) is 4.69. The van der Waals surface area contributed by atoms with Gasteiger partial charge in [0.1, 0.15) is 5.60 Å². The number of carbonyl (C=O) groups is 2. The Hall–Kier alpha value is -1.26. The SMILES string of the molecule is CC(C)(C)OC(=O)N1CCC(C(=O)O)(C(C)(C)C)C1. The zero-order valence-electron chi connectivity index (χ0n) is 12.7. The first kappa shape index (κ1) is 15.8. The summed E-state index contributed by atoms with van der Waals surface area (Å²) in [4.78, 5) is 25.2. The van der Waals surface area contributed by atoms with Crippen LogP contribution < -0.4 is 0 Å². The molecule has 5 heteroatoms. The highest BCUT2D eigenvalue weighted by Crippen LogP contribution is 2.46. The van der Waals surface area contributed by atoms with E-state index in [9.17, 15) is 14.7 Å². The maximum Gasteiger partial charge on any atom is 0.410 e. The number of carbonyl (C=O) groups excluding carboxylic acids is 1. The smallest absolute Gasteiger partial charge is 0.410 e. The van der Waals surface area contributed by atoms with Gasteiger partial charge in [0.25, 0.3) is 0 Å². The molecule has 5 nitrogen and oxygen atoms in total. The molecule has 1 aliphatic heterocycles. The van der Waals surface area contributed by atoms with Crippen molar-refractivity contribution in [2.75, 3.05) is 13.1 Å². The standard InChI is InChI=1S/C14H25NO4/c1-12(2,3)14(10(16)17)7-8-15(9-14)11(18)19-13(4,5)6/h7-9H2,1-6H3,(H,16,17). The monoisotopic (exact) mass is 271 g/mol. The zero-order valence-corrected chi connectivity index (χ0v) is 12.7. The van der Waals surface area contributed by atoms with Crippen molar-refractivity contribution in [2.45, 2.75) is 53.6 Å². The van der Waals surface area contributed by atoms with Gasteiger partial charge in [-0.2, -0.15) is 0 Å². The van der Waals surface area contributed by atoms with Crippen LogP contribution in [0.1, 0.15) is 48.0 Å². The van der Waals surface area contributed by atoms with Crippen LogP contribution in [-0.4, -0.2) is 40.8 Å². The van der Waals surface area contributed by atoms with Crippen molar-refractivity contribution in [3.8, 4) is 0 Å². The van der Waals surface area contributed by atoms with Crippen LogP contribution in [-0.2, 0) is 9.53 Å². The second-order valence-corrected chi connectivity index (χ2v) is 7.29. The summed E-state index contributed by atoms with van der Waals surface area (Å²) in [5.74, 6) is -0.842. The molecule has 1 unspecified atom stereocenters. The van der Waals surface area contributed by atoms with Crippen molar-refractivity contribution in [3.05, 3.63) is 0 Å². The van der Waals surface area contributed by atoms with Gasteiger partial charge in [-0.15, -0.1) is 0 Å². The highest BCUT2D eigenvalue weighted by atomic mass is 16.6. The third-order valence-electron chi connectivity index (χ3n) is 3.77. The Balaban J connectivity index is 2.87. The minimum absolute atomic E-state index is 0.209. The van der Waals surface area contributed by atoms with Crippen molar-refractivity contribution in [2.24, 2.45) is 10.8 Å². The van der Waals surface area contributed by atoms with Gasteiger partial charge in [0.05, 0.1) is 5.41 Å². The normalized spacial score (nSPS) is 24.4.